The highest BCUT2D eigenvalue weighted by atomic mass is 16.1. The van der Waals surface area contributed by atoms with Crippen LogP contribution in [0.2, 0.25) is 0 Å². The summed E-state index contributed by atoms with van der Waals surface area (Å²) in [6.45, 7) is 5.53. The molecule has 0 atom stereocenters. The van der Waals surface area contributed by atoms with E-state index in [2.05, 4.69) is 20.5 Å². The molecule has 2 aliphatic rings. The summed E-state index contributed by atoms with van der Waals surface area (Å²) in [7, 11) is 0. The fourth-order valence-corrected chi connectivity index (χ4v) is 2.76. The highest BCUT2D eigenvalue weighted by molar-refractivity contribution is 5.94. The summed E-state index contributed by atoms with van der Waals surface area (Å²) in [6, 6.07) is 6.26. The van der Waals surface area contributed by atoms with Gasteiger partial charge in [-0.2, -0.15) is 0 Å². The molecule has 3 heterocycles. The number of aromatic nitrogens is 1. The third-order valence-corrected chi connectivity index (χ3v) is 4.35. The van der Waals surface area contributed by atoms with Gasteiger partial charge < -0.3 is 15.5 Å². The number of pyridine rings is 1. The van der Waals surface area contributed by atoms with E-state index >= 15 is 0 Å². The predicted molar refractivity (Wildman–Crippen MR) is 83.2 cm³/mol. The van der Waals surface area contributed by atoms with E-state index in [0.29, 0.717) is 0 Å². The molecule has 5 heteroatoms. The van der Waals surface area contributed by atoms with Gasteiger partial charge >= 0.3 is 0 Å². The van der Waals surface area contributed by atoms with E-state index in [0.717, 1.165) is 50.4 Å². The summed E-state index contributed by atoms with van der Waals surface area (Å²) in [6.07, 6.45) is 3.78. The van der Waals surface area contributed by atoms with Gasteiger partial charge in [0.2, 0.25) is 5.91 Å². The molecular weight excluding hydrogens is 264 g/mol. The lowest BCUT2D eigenvalue weighted by molar-refractivity contribution is -0.118. The Balaban J connectivity index is 1.51. The van der Waals surface area contributed by atoms with Crippen molar-refractivity contribution in [3.8, 4) is 0 Å². The summed E-state index contributed by atoms with van der Waals surface area (Å²) in [5.74, 6) is 1.13. The first-order chi connectivity index (χ1) is 10.2. The van der Waals surface area contributed by atoms with Crippen LogP contribution in [-0.2, 0) is 4.79 Å². The van der Waals surface area contributed by atoms with Crippen LogP contribution in [0.1, 0.15) is 19.8 Å². The van der Waals surface area contributed by atoms with Gasteiger partial charge in [-0.1, -0.05) is 6.07 Å². The third kappa shape index (κ3) is 3.24. The third-order valence-electron chi connectivity index (χ3n) is 4.35. The normalized spacial score (nSPS) is 19.1. The van der Waals surface area contributed by atoms with Crippen molar-refractivity contribution in [2.24, 2.45) is 0 Å². The molecule has 5 nitrogen and oxygen atoms in total. The zero-order valence-corrected chi connectivity index (χ0v) is 12.4. The average Bonchev–Trinajstić information content (AvgIpc) is 2.47. The van der Waals surface area contributed by atoms with Crippen LogP contribution in [0.15, 0.2) is 35.5 Å². The fourth-order valence-electron chi connectivity index (χ4n) is 2.76. The van der Waals surface area contributed by atoms with Gasteiger partial charge in [-0.05, 0) is 37.5 Å². The van der Waals surface area contributed by atoms with E-state index in [1.165, 1.54) is 5.57 Å². The monoisotopic (exact) mass is 286 g/mol. The first-order valence-electron chi connectivity index (χ1n) is 7.60. The predicted octanol–water partition coefficient (Wildman–Crippen LogP) is 1.09. The maximum Gasteiger partial charge on any atom is 0.247 e. The molecule has 0 spiro atoms. The zero-order valence-electron chi connectivity index (χ0n) is 12.4. The lowest BCUT2D eigenvalue weighted by atomic mass is 10.0. The Hall–Kier alpha value is -1.88. The molecule has 0 saturated carbocycles. The topological polar surface area (TPSA) is 57.3 Å². The Morgan fingerprint density at radius 3 is 2.67 bits per heavy atom. The Labute approximate surface area is 125 Å². The van der Waals surface area contributed by atoms with Gasteiger partial charge in [-0.15, -0.1) is 0 Å². The minimum atomic E-state index is 0.0998. The van der Waals surface area contributed by atoms with Gasteiger partial charge in [0.15, 0.2) is 0 Å². The number of nitrogens with one attached hydrogen (secondary N) is 2. The van der Waals surface area contributed by atoms with E-state index in [9.17, 15) is 4.79 Å². The molecule has 0 aromatic carbocycles. The Kier molecular flexibility index (Phi) is 4.20. The molecule has 3 rings (SSSR count). The second kappa shape index (κ2) is 6.26. The first-order valence-corrected chi connectivity index (χ1v) is 7.60. The molecule has 0 radical (unpaired) electrons. The molecule has 0 aliphatic carbocycles. The maximum atomic E-state index is 12.2. The van der Waals surface area contributed by atoms with Crippen LogP contribution in [0.4, 0.5) is 5.82 Å². The minimum Gasteiger partial charge on any atom is -0.356 e. The van der Waals surface area contributed by atoms with Crippen molar-refractivity contribution < 1.29 is 4.79 Å². The smallest absolute Gasteiger partial charge is 0.247 e. The van der Waals surface area contributed by atoms with E-state index in [1.54, 1.807) is 0 Å². The van der Waals surface area contributed by atoms with Crippen LogP contribution in [0, 0.1) is 0 Å². The summed E-state index contributed by atoms with van der Waals surface area (Å²) in [4.78, 5) is 18.8. The van der Waals surface area contributed by atoms with Gasteiger partial charge in [-0.25, -0.2) is 4.98 Å². The van der Waals surface area contributed by atoms with Crippen molar-refractivity contribution >= 4 is 11.7 Å². The second-order valence-corrected chi connectivity index (χ2v) is 5.75. The molecule has 1 aromatic rings. The molecule has 2 N–H and O–H groups in total. The van der Waals surface area contributed by atoms with Gasteiger partial charge in [0.1, 0.15) is 5.82 Å². The molecule has 21 heavy (non-hydrogen) atoms. The SMILES string of the molecule is CC(C(=O)NC1CCN(c2ccccn2)CC1)=C1CNC1. The quantitative estimate of drug-likeness (QED) is 0.817. The van der Waals surface area contributed by atoms with Crippen LogP contribution in [-0.4, -0.2) is 43.1 Å². The van der Waals surface area contributed by atoms with Gasteiger partial charge in [0, 0.05) is 44.0 Å². The van der Waals surface area contributed by atoms with Crippen molar-refractivity contribution in [2.45, 2.75) is 25.8 Å². The van der Waals surface area contributed by atoms with Crippen LogP contribution in [0.3, 0.4) is 0 Å². The summed E-state index contributed by atoms with van der Waals surface area (Å²) >= 11 is 0. The highest BCUT2D eigenvalue weighted by Gasteiger charge is 2.23. The largest absolute Gasteiger partial charge is 0.356 e. The summed E-state index contributed by atoms with van der Waals surface area (Å²) in [5, 5.41) is 6.34. The number of carbonyl (C=O) groups is 1. The Morgan fingerprint density at radius 2 is 2.10 bits per heavy atom. The number of hydrogen-bond donors (Lipinski definition) is 2. The van der Waals surface area contributed by atoms with Crippen molar-refractivity contribution in [3.63, 3.8) is 0 Å². The van der Waals surface area contributed by atoms with Gasteiger partial charge in [0.05, 0.1) is 0 Å². The maximum absolute atomic E-state index is 12.2. The number of nitrogens with zero attached hydrogens (tertiary/aromatic N) is 2. The van der Waals surface area contributed by atoms with Crippen molar-refractivity contribution in [1.29, 1.82) is 0 Å². The van der Waals surface area contributed by atoms with Crippen molar-refractivity contribution in [2.75, 3.05) is 31.1 Å². The summed E-state index contributed by atoms with van der Waals surface area (Å²) in [5.41, 5.74) is 2.12. The molecule has 112 valence electrons. The van der Waals surface area contributed by atoms with E-state index in [4.69, 9.17) is 0 Å². The lowest BCUT2D eigenvalue weighted by Crippen LogP contribution is -2.46. The fraction of sp³-hybridized carbons (Fsp3) is 0.500. The molecule has 2 fully saturated rings. The van der Waals surface area contributed by atoms with E-state index < -0.39 is 0 Å². The van der Waals surface area contributed by atoms with Crippen LogP contribution >= 0.6 is 0 Å². The van der Waals surface area contributed by atoms with Crippen molar-refractivity contribution in [1.82, 2.24) is 15.6 Å². The van der Waals surface area contributed by atoms with Gasteiger partial charge in [0.25, 0.3) is 0 Å². The number of carbonyl (C=O) groups excluding carboxylic acids is 1. The van der Waals surface area contributed by atoms with Crippen LogP contribution in [0.5, 0.6) is 0 Å². The molecule has 1 aromatic heterocycles. The number of rotatable bonds is 3. The number of piperidine rings is 1. The van der Waals surface area contributed by atoms with E-state index in [-0.39, 0.29) is 11.9 Å². The number of anilines is 1. The standard InChI is InChI=1S/C16H22N4O/c1-12(13-10-17-11-13)16(21)19-14-5-8-20(9-6-14)15-4-2-3-7-18-15/h2-4,7,14,17H,5-6,8-11H2,1H3,(H,19,21). The Morgan fingerprint density at radius 1 is 1.33 bits per heavy atom. The Bertz CT molecular complexity index is 526. The molecule has 2 aliphatic heterocycles. The van der Waals surface area contributed by atoms with Crippen molar-refractivity contribution in [3.05, 3.63) is 35.5 Å². The van der Waals surface area contributed by atoms with Gasteiger partial charge in [-0.3, -0.25) is 4.79 Å². The summed E-state index contributed by atoms with van der Waals surface area (Å²) < 4.78 is 0. The molecule has 0 bridgehead atoms. The molecule has 1 amide bonds. The number of amides is 1. The molecule has 0 unspecified atom stereocenters. The average molecular weight is 286 g/mol. The van der Waals surface area contributed by atoms with Crippen LogP contribution < -0.4 is 15.5 Å². The lowest BCUT2D eigenvalue weighted by Gasteiger charge is -2.33. The number of hydrogen-bond acceptors (Lipinski definition) is 4. The van der Waals surface area contributed by atoms with Crippen LogP contribution in [0.25, 0.3) is 0 Å². The molecular formula is C16H22N4O. The second-order valence-electron chi connectivity index (χ2n) is 5.75. The highest BCUT2D eigenvalue weighted by Crippen LogP contribution is 2.18. The minimum absolute atomic E-state index is 0.0998. The first kappa shape index (κ1) is 14.1. The van der Waals surface area contributed by atoms with E-state index in [1.807, 2.05) is 31.3 Å². The zero-order chi connectivity index (χ0) is 14.7. The molecule has 2 saturated heterocycles.